The first-order valence-corrected chi connectivity index (χ1v) is 27.2. The van der Waals surface area contributed by atoms with Crippen LogP contribution in [0.15, 0.2) is 122 Å². The second-order valence-electron chi connectivity index (χ2n) is 18.8. The number of aliphatic carboxylic acids is 1. The summed E-state index contributed by atoms with van der Waals surface area (Å²) in [6.45, 7) is 4.54. The summed E-state index contributed by atoms with van der Waals surface area (Å²) in [5.41, 5.74) is 0. The van der Waals surface area contributed by atoms with E-state index in [1.807, 2.05) is 21.1 Å². The number of hydrogen-bond donors (Lipinski definition) is 0. The van der Waals surface area contributed by atoms with Crippen molar-refractivity contribution in [2.24, 2.45) is 0 Å². The molecule has 2 unspecified atom stereocenters. The number of allylic oxidation sites excluding steroid dienone is 20. The Bertz CT molecular complexity index is 1560. The van der Waals surface area contributed by atoms with Crippen LogP contribution >= 0.6 is 0 Å². The number of nitrogens with zero attached hydrogens (tertiary/aromatic N) is 1. The first kappa shape index (κ1) is 65.7. The molecular formula is C61H99NO8. The van der Waals surface area contributed by atoms with Gasteiger partial charge in [0.05, 0.1) is 40.3 Å². The van der Waals surface area contributed by atoms with Gasteiger partial charge in [-0.15, -0.1) is 0 Å². The summed E-state index contributed by atoms with van der Waals surface area (Å²) in [7, 11) is 5.89. The van der Waals surface area contributed by atoms with Gasteiger partial charge in [0.25, 0.3) is 0 Å². The first-order valence-electron chi connectivity index (χ1n) is 27.2. The van der Waals surface area contributed by atoms with Gasteiger partial charge >= 0.3 is 11.9 Å². The van der Waals surface area contributed by atoms with Gasteiger partial charge in [-0.2, -0.15) is 0 Å². The second kappa shape index (κ2) is 51.1. The van der Waals surface area contributed by atoms with Crippen molar-refractivity contribution in [1.29, 1.82) is 0 Å². The van der Waals surface area contributed by atoms with Gasteiger partial charge in [-0.05, 0) is 109 Å². The molecule has 0 radical (unpaired) electrons. The number of ether oxygens (including phenoxy) is 4. The van der Waals surface area contributed by atoms with Crippen LogP contribution in [0.4, 0.5) is 0 Å². The molecule has 0 rings (SSSR count). The Morgan fingerprint density at radius 1 is 0.443 bits per heavy atom. The summed E-state index contributed by atoms with van der Waals surface area (Å²) < 4.78 is 22.6. The SMILES string of the molecule is CC/C=C\C/C=C\C/C=C\C/C=C\C/C=C\C/C=C\C/C=C\C/C=C\C/C=C\CCCCCCCC(=O)OC(COC(=O)CCCCCCC/C=C\CCCCC)COC(OCC[N+](C)(C)C)C(=O)[O-]. The molecule has 0 amide bonds. The summed E-state index contributed by atoms with van der Waals surface area (Å²) in [6, 6.07) is 0. The molecule has 0 aromatic rings. The molecule has 0 fully saturated rings. The van der Waals surface area contributed by atoms with Gasteiger partial charge in [-0.1, -0.05) is 187 Å². The molecule has 0 saturated heterocycles. The fourth-order valence-electron chi connectivity index (χ4n) is 6.76. The van der Waals surface area contributed by atoms with Crippen molar-refractivity contribution < 1.29 is 42.9 Å². The lowest BCUT2D eigenvalue weighted by Crippen LogP contribution is -2.44. The highest BCUT2D eigenvalue weighted by Gasteiger charge is 2.21. The molecule has 0 heterocycles. The van der Waals surface area contributed by atoms with E-state index in [0.29, 0.717) is 17.4 Å². The van der Waals surface area contributed by atoms with Crippen molar-refractivity contribution in [3.8, 4) is 0 Å². The number of carbonyl (C=O) groups excluding carboxylic acids is 3. The molecule has 70 heavy (non-hydrogen) atoms. The molecule has 2 atom stereocenters. The van der Waals surface area contributed by atoms with Crippen molar-refractivity contribution in [1.82, 2.24) is 0 Å². The predicted molar refractivity (Wildman–Crippen MR) is 292 cm³/mol. The first-order chi connectivity index (χ1) is 34.1. The fourth-order valence-corrected chi connectivity index (χ4v) is 6.76. The largest absolute Gasteiger partial charge is 0.545 e. The molecule has 0 aliphatic rings. The quantitative estimate of drug-likeness (QED) is 0.0195. The Morgan fingerprint density at radius 2 is 0.814 bits per heavy atom. The molecule has 9 nitrogen and oxygen atoms in total. The Labute approximate surface area is 427 Å². The molecule has 0 aliphatic heterocycles. The smallest absolute Gasteiger partial charge is 0.306 e. The number of esters is 2. The highest BCUT2D eigenvalue weighted by Crippen LogP contribution is 2.13. The number of quaternary nitrogens is 1. The maximum Gasteiger partial charge on any atom is 0.306 e. The number of unbranched alkanes of at least 4 members (excludes halogenated alkanes) is 13. The van der Waals surface area contributed by atoms with Crippen LogP contribution in [0.2, 0.25) is 0 Å². The third kappa shape index (κ3) is 51.5. The monoisotopic (exact) mass is 974 g/mol. The summed E-state index contributed by atoms with van der Waals surface area (Å²) >= 11 is 0. The Hall–Kier alpha value is -4.31. The lowest BCUT2D eigenvalue weighted by molar-refractivity contribution is -0.870. The number of likely N-dealkylation sites (N-methyl/N-ethyl adjacent to an activating group) is 1. The van der Waals surface area contributed by atoms with Crippen LogP contribution in [0.5, 0.6) is 0 Å². The van der Waals surface area contributed by atoms with Crippen molar-refractivity contribution in [3.05, 3.63) is 122 Å². The third-order valence-electron chi connectivity index (χ3n) is 10.9. The second-order valence-corrected chi connectivity index (χ2v) is 18.8. The Balaban J connectivity index is 4.30. The molecular weight excluding hydrogens is 875 g/mol. The Kier molecular flexibility index (Phi) is 47.9. The van der Waals surface area contributed by atoms with Crippen molar-refractivity contribution in [3.63, 3.8) is 0 Å². The van der Waals surface area contributed by atoms with E-state index in [4.69, 9.17) is 18.9 Å². The zero-order valence-electron chi connectivity index (χ0n) is 44.8. The molecule has 0 aliphatic carbocycles. The Morgan fingerprint density at radius 3 is 1.23 bits per heavy atom. The van der Waals surface area contributed by atoms with Gasteiger partial charge in [0.15, 0.2) is 12.4 Å². The number of rotatable bonds is 48. The van der Waals surface area contributed by atoms with Crippen LogP contribution in [0, 0.1) is 0 Å². The maximum atomic E-state index is 12.8. The van der Waals surface area contributed by atoms with Gasteiger partial charge in [-0.25, -0.2) is 0 Å². The molecule has 0 N–H and O–H groups in total. The standard InChI is InChI=1S/C61H99NO8/c1-6-8-10-12-14-16-18-20-21-22-23-24-25-26-27-28-29-30-31-32-33-34-35-36-37-38-39-40-42-44-46-48-50-52-59(64)70-57(56-69-61(60(65)66)67-54-53-62(3,4)5)55-68-58(63)51-49-47-45-43-41-19-17-15-13-11-9-7-2/h8,10,14-17,20-21,23-24,26-27,29-30,32-33,35-36,38-39,57,61H,6-7,9,11-13,18-19,22,25,28,31,34,37,40-56H2,1-5H3/b10-8-,16-14-,17-15-,21-20-,24-23-,27-26-,30-29-,33-32-,36-35-,39-38-. The minimum atomic E-state index is -1.63. The van der Waals surface area contributed by atoms with Crippen LogP contribution in [-0.2, 0) is 33.3 Å². The highest BCUT2D eigenvalue weighted by molar-refractivity contribution is 5.70. The van der Waals surface area contributed by atoms with E-state index in [1.54, 1.807) is 0 Å². The molecule has 9 heteroatoms. The van der Waals surface area contributed by atoms with E-state index >= 15 is 0 Å². The van der Waals surface area contributed by atoms with Crippen LogP contribution in [-0.4, -0.2) is 82.3 Å². The topological polar surface area (TPSA) is 111 Å². The zero-order chi connectivity index (χ0) is 51.3. The van der Waals surface area contributed by atoms with Gasteiger partial charge in [0.2, 0.25) is 0 Å². The van der Waals surface area contributed by atoms with Crippen LogP contribution < -0.4 is 5.11 Å². The van der Waals surface area contributed by atoms with Gasteiger partial charge < -0.3 is 33.3 Å². The predicted octanol–water partition coefficient (Wildman–Crippen LogP) is 14.4. The molecule has 0 aromatic heterocycles. The minimum Gasteiger partial charge on any atom is -0.545 e. The van der Waals surface area contributed by atoms with E-state index < -0.39 is 24.3 Å². The van der Waals surface area contributed by atoms with Crippen LogP contribution in [0.25, 0.3) is 0 Å². The number of carbonyl (C=O) groups is 3. The summed E-state index contributed by atoms with van der Waals surface area (Å²) in [6.07, 6.45) is 68.2. The van der Waals surface area contributed by atoms with Gasteiger partial charge in [0.1, 0.15) is 13.2 Å². The summed E-state index contributed by atoms with van der Waals surface area (Å²) in [5, 5.41) is 11.7. The van der Waals surface area contributed by atoms with E-state index in [1.165, 1.54) is 19.3 Å². The van der Waals surface area contributed by atoms with E-state index in [-0.39, 0.29) is 38.6 Å². The average Bonchev–Trinajstić information content (AvgIpc) is 3.33. The minimum absolute atomic E-state index is 0.136. The maximum absolute atomic E-state index is 12.8. The molecule has 0 aromatic carbocycles. The number of hydrogen-bond acceptors (Lipinski definition) is 8. The summed E-state index contributed by atoms with van der Waals surface area (Å²) in [5.74, 6) is -2.34. The lowest BCUT2D eigenvalue weighted by atomic mass is 10.1. The molecule has 0 saturated carbocycles. The normalized spacial score (nSPS) is 13.8. The third-order valence-corrected chi connectivity index (χ3v) is 10.9. The van der Waals surface area contributed by atoms with E-state index in [9.17, 15) is 19.5 Å². The van der Waals surface area contributed by atoms with E-state index in [0.717, 1.165) is 135 Å². The van der Waals surface area contributed by atoms with Gasteiger partial charge in [-0.3, -0.25) is 9.59 Å². The zero-order valence-corrected chi connectivity index (χ0v) is 44.8. The lowest BCUT2D eigenvalue weighted by Gasteiger charge is -2.26. The average molecular weight is 974 g/mol. The van der Waals surface area contributed by atoms with Crippen LogP contribution in [0.3, 0.4) is 0 Å². The summed E-state index contributed by atoms with van der Waals surface area (Å²) in [4.78, 5) is 37.1. The number of carboxylic acid groups (broad SMARTS) is 1. The molecule has 0 bridgehead atoms. The van der Waals surface area contributed by atoms with Crippen LogP contribution in [0.1, 0.15) is 187 Å². The number of carboxylic acids is 1. The highest BCUT2D eigenvalue weighted by atomic mass is 16.7. The van der Waals surface area contributed by atoms with Crippen molar-refractivity contribution in [2.75, 3.05) is 47.5 Å². The van der Waals surface area contributed by atoms with E-state index in [2.05, 4.69) is 135 Å². The van der Waals surface area contributed by atoms with Crippen molar-refractivity contribution >= 4 is 17.9 Å². The van der Waals surface area contributed by atoms with Gasteiger partial charge in [0, 0.05) is 12.8 Å². The fraction of sp³-hybridized carbons (Fsp3) is 0.623. The molecule has 396 valence electrons. The molecule has 0 spiro atoms. The van der Waals surface area contributed by atoms with Crippen molar-refractivity contribution in [2.45, 2.75) is 200 Å².